The number of anilines is 1. The second-order valence-electron chi connectivity index (χ2n) is 7.49. The molecule has 0 atom stereocenters. The molecular formula is C19H24FN5. The van der Waals surface area contributed by atoms with Crippen LogP contribution in [0.3, 0.4) is 0 Å². The fourth-order valence-electron chi connectivity index (χ4n) is 4.19. The Kier molecular flexibility index (Phi) is 4.37. The van der Waals surface area contributed by atoms with E-state index in [9.17, 15) is 4.39 Å². The van der Waals surface area contributed by atoms with Crippen LogP contribution in [0.15, 0.2) is 36.8 Å². The van der Waals surface area contributed by atoms with Gasteiger partial charge < -0.3 is 4.90 Å². The summed E-state index contributed by atoms with van der Waals surface area (Å²) in [5, 5.41) is 0. The van der Waals surface area contributed by atoms with E-state index >= 15 is 0 Å². The van der Waals surface area contributed by atoms with E-state index in [-0.39, 0.29) is 5.82 Å². The predicted molar refractivity (Wildman–Crippen MR) is 94.6 cm³/mol. The molecule has 0 bridgehead atoms. The van der Waals surface area contributed by atoms with Crippen molar-refractivity contribution >= 4 is 5.95 Å². The highest BCUT2D eigenvalue weighted by molar-refractivity contribution is 5.30. The second-order valence-corrected chi connectivity index (χ2v) is 7.49. The lowest BCUT2D eigenvalue weighted by molar-refractivity contribution is -0.00927. The first-order valence-corrected chi connectivity index (χ1v) is 8.96. The average Bonchev–Trinajstić information content (AvgIpc) is 2.61. The van der Waals surface area contributed by atoms with Crippen molar-refractivity contribution in [1.29, 1.82) is 0 Å². The highest BCUT2D eigenvalue weighted by Gasteiger charge is 2.47. The third-order valence-electron chi connectivity index (χ3n) is 5.81. The molecule has 1 saturated carbocycles. The lowest BCUT2D eigenvalue weighted by Gasteiger charge is -2.54. The van der Waals surface area contributed by atoms with Crippen molar-refractivity contribution in [1.82, 2.24) is 19.9 Å². The molecule has 1 spiro atoms. The molecule has 2 aliphatic rings. The molecule has 132 valence electrons. The van der Waals surface area contributed by atoms with E-state index in [2.05, 4.69) is 37.9 Å². The van der Waals surface area contributed by atoms with Crippen molar-refractivity contribution < 1.29 is 4.39 Å². The standard InChI is InChI=1S/C19H24FN5/c1-24(14-16-4-2-3-7-21-16)17-10-19(11-17)5-8-25(9-6-19)18-22-12-15(20)13-23-18/h2-4,7,12-13,17H,5-6,8-11,14H2,1H3. The molecule has 2 aromatic rings. The molecule has 3 heterocycles. The first-order valence-electron chi connectivity index (χ1n) is 8.96. The summed E-state index contributed by atoms with van der Waals surface area (Å²) in [6.45, 7) is 2.84. The lowest BCUT2D eigenvalue weighted by Crippen LogP contribution is -2.54. The molecule has 0 radical (unpaired) electrons. The van der Waals surface area contributed by atoms with Crippen molar-refractivity contribution in [3.8, 4) is 0 Å². The van der Waals surface area contributed by atoms with Crippen LogP contribution < -0.4 is 4.90 Å². The van der Waals surface area contributed by atoms with E-state index in [1.807, 2.05) is 18.3 Å². The molecule has 2 fully saturated rings. The maximum Gasteiger partial charge on any atom is 0.225 e. The number of hydrogen-bond acceptors (Lipinski definition) is 5. The number of rotatable bonds is 4. The number of nitrogens with zero attached hydrogens (tertiary/aromatic N) is 5. The lowest BCUT2D eigenvalue weighted by atomic mass is 9.60. The monoisotopic (exact) mass is 341 g/mol. The van der Waals surface area contributed by atoms with Crippen LogP contribution in [0.2, 0.25) is 0 Å². The maximum absolute atomic E-state index is 13.0. The Morgan fingerprint density at radius 1 is 1.16 bits per heavy atom. The molecular weight excluding hydrogens is 317 g/mol. The van der Waals surface area contributed by atoms with E-state index < -0.39 is 0 Å². The normalized spacial score (nSPS) is 20.0. The molecule has 1 aliphatic heterocycles. The molecule has 0 amide bonds. The van der Waals surface area contributed by atoms with Gasteiger partial charge in [-0.2, -0.15) is 0 Å². The summed E-state index contributed by atoms with van der Waals surface area (Å²) in [6, 6.07) is 6.74. The van der Waals surface area contributed by atoms with Crippen molar-refractivity contribution in [2.45, 2.75) is 38.3 Å². The van der Waals surface area contributed by atoms with Crippen LogP contribution >= 0.6 is 0 Å². The SMILES string of the molecule is CN(Cc1ccccn1)C1CC2(CCN(c3ncc(F)cn3)CC2)C1. The first-order chi connectivity index (χ1) is 12.1. The fraction of sp³-hybridized carbons (Fsp3) is 0.526. The molecule has 25 heavy (non-hydrogen) atoms. The van der Waals surface area contributed by atoms with Crippen LogP contribution in [0.1, 0.15) is 31.4 Å². The average molecular weight is 341 g/mol. The van der Waals surface area contributed by atoms with Gasteiger partial charge in [-0.05, 0) is 50.3 Å². The van der Waals surface area contributed by atoms with Gasteiger partial charge >= 0.3 is 0 Å². The summed E-state index contributed by atoms with van der Waals surface area (Å²) in [5.74, 6) is 0.273. The molecule has 1 aliphatic carbocycles. The molecule has 0 aromatic carbocycles. The minimum atomic E-state index is -0.380. The molecule has 2 aromatic heterocycles. The van der Waals surface area contributed by atoms with Gasteiger partial charge in [0.25, 0.3) is 0 Å². The van der Waals surface area contributed by atoms with Crippen LogP contribution in [0.4, 0.5) is 10.3 Å². The van der Waals surface area contributed by atoms with Gasteiger partial charge in [-0.15, -0.1) is 0 Å². The molecule has 0 unspecified atom stereocenters. The van der Waals surface area contributed by atoms with Crippen LogP contribution in [0, 0.1) is 11.2 Å². The Morgan fingerprint density at radius 2 is 1.88 bits per heavy atom. The third kappa shape index (κ3) is 3.49. The van der Waals surface area contributed by atoms with Crippen molar-refractivity contribution in [3.05, 3.63) is 48.3 Å². The largest absolute Gasteiger partial charge is 0.341 e. The van der Waals surface area contributed by atoms with Crippen molar-refractivity contribution in [3.63, 3.8) is 0 Å². The summed E-state index contributed by atoms with van der Waals surface area (Å²) in [5.41, 5.74) is 1.61. The quantitative estimate of drug-likeness (QED) is 0.856. The summed E-state index contributed by atoms with van der Waals surface area (Å²) < 4.78 is 13.0. The zero-order valence-electron chi connectivity index (χ0n) is 14.6. The summed E-state index contributed by atoms with van der Waals surface area (Å²) in [4.78, 5) is 17.3. The van der Waals surface area contributed by atoms with Gasteiger partial charge in [0.1, 0.15) is 0 Å². The van der Waals surface area contributed by atoms with Crippen LogP contribution in [0.25, 0.3) is 0 Å². The summed E-state index contributed by atoms with van der Waals surface area (Å²) >= 11 is 0. The number of aromatic nitrogens is 3. The molecule has 5 nitrogen and oxygen atoms in total. The van der Waals surface area contributed by atoms with Crippen LogP contribution in [0.5, 0.6) is 0 Å². The Hall–Kier alpha value is -2.08. The third-order valence-corrected chi connectivity index (χ3v) is 5.81. The Bertz CT molecular complexity index is 690. The van der Waals surface area contributed by atoms with E-state index in [0.717, 1.165) is 25.3 Å². The van der Waals surface area contributed by atoms with Gasteiger partial charge in [-0.1, -0.05) is 6.07 Å². The van der Waals surface area contributed by atoms with Gasteiger partial charge in [0.15, 0.2) is 5.82 Å². The zero-order chi connectivity index (χ0) is 17.3. The minimum Gasteiger partial charge on any atom is -0.341 e. The smallest absolute Gasteiger partial charge is 0.225 e. The number of halogens is 1. The van der Waals surface area contributed by atoms with E-state index in [0.29, 0.717) is 17.4 Å². The zero-order valence-corrected chi connectivity index (χ0v) is 14.6. The topological polar surface area (TPSA) is 45.2 Å². The van der Waals surface area contributed by atoms with Gasteiger partial charge in [0.2, 0.25) is 5.95 Å². The molecule has 0 N–H and O–H groups in total. The van der Waals surface area contributed by atoms with Crippen LogP contribution in [-0.4, -0.2) is 46.0 Å². The second kappa shape index (κ2) is 6.67. The number of piperidine rings is 1. The molecule has 6 heteroatoms. The summed E-state index contributed by atoms with van der Waals surface area (Å²) in [7, 11) is 2.20. The Labute approximate surface area is 147 Å². The molecule has 1 saturated heterocycles. The number of pyridine rings is 1. The Morgan fingerprint density at radius 3 is 2.52 bits per heavy atom. The Balaban J connectivity index is 1.28. The molecule has 4 rings (SSSR count). The maximum atomic E-state index is 13.0. The van der Waals surface area contributed by atoms with E-state index in [1.165, 1.54) is 38.1 Å². The predicted octanol–water partition coefficient (Wildman–Crippen LogP) is 2.89. The van der Waals surface area contributed by atoms with Gasteiger partial charge in [-0.3, -0.25) is 9.88 Å². The van der Waals surface area contributed by atoms with Crippen molar-refractivity contribution in [2.75, 3.05) is 25.0 Å². The highest BCUT2D eigenvalue weighted by Crippen LogP contribution is 2.51. The van der Waals surface area contributed by atoms with Crippen LogP contribution in [-0.2, 0) is 6.54 Å². The van der Waals surface area contributed by atoms with E-state index in [4.69, 9.17) is 0 Å². The summed E-state index contributed by atoms with van der Waals surface area (Å²) in [6.07, 6.45) is 9.21. The minimum absolute atomic E-state index is 0.380. The van der Waals surface area contributed by atoms with Crippen molar-refractivity contribution in [2.24, 2.45) is 5.41 Å². The first kappa shape index (κ1) is 16.4. The van der Waals surface area contributed by atoms with Gasteiger partial charge in [-0.25, -0.2) is 14.4 Å². The number of hydrogen-bond donors (Lipinski definition) is 0. The van der Waals surface area contributed by atoms with Gasteiger partial charge in [0, 0.05) is 31.9 Å². The fourth-order valence-corrected chi connectivity index (χ4v) is 4.19. The van der Waals surface area contributed by atoms with Gasteiger partial charge in [0.05, 0.1) is 18.1 Å². The van der Waals surface area contributed by atoms with E-state index in [1.54, 1.807) is 0 Å². The highest BCUT2D eigenvalue weighted by atomic mass is 19.1.